The normalized spacial score (nSPS) is 15.1. The van der Waals surface area contributed by atoms with Crippen LogP contribution in [0.15, 0.2) is 61.3 Å². The van der Waals surface area contributed by atoms with E-state index >= 15 is 4.39 Å². The van der Waals surface area contributed by atoms with Crippen molar-refractivity contribution in [3.63, 3.8) is 0 Å². The fourth-order valence-corrected chi connectivity index (χ4v) is 4.68. The Morgan fingerprint density at radius 2 is 2.10 bits per heavy atom. The van der Waals surface area contributed by atoms with E-state index in [-0.39, 0.29) is 28.8 Å². The van der Waals surface area contributed by atoms with Gasteiger partial charge in [-0.1, -0.05) is 6.07 Å². The third kappa shape index (κ3) is 5.23. The van der Waals surface area contributed by atoms with Crippen LogP contribution in [-0.2, 0) is 11.3 Å². The van der Waals surface area contributed by atoms with E-state index < -0.39 is 23.7 Å². The highest BCUT2D eigenvalue weighted by atomic mass is 19.3. The molecule has 10 nitrogen and oxygen atoms in total. The summed E-state index contributed by atoms with van der Waals surface area (Å²) >= 11 is 0. The van der Waals surface area contributed by atoms with Gasteiger partial charge in [0.1, 0.15) is 11.9 Å². The fraction of sp³-hybridized carbons (Fsp3) is 0.250. The molecule has 0 aliphatic carbocycles. The summed E-state index contributed by atoms with van der Waals surface area (Å²) in [7, 11) is 1.36. The molecule has 0 radical (unpaired) electrons. The average molecular weight is 564 g/mol. The molecule has 0 bridgehead atoms. The number of aromatic nitrogens is 6. The minimum absolute atomic E-state index is 0.0801. The third-order valence-electron chi connectivity index (χ3n) is 6.74. The summed E-state index contributed by atoms with van der Waals surface area (Å²) in [5, 5.41) is 11.5. The van der Waals surface area contributed by atoms with Gasteiger partial charge in [0, 0.05) is 48.7 Å². The maximum Gasteiger partial charge on any atom is 0.266 e. The highest BCUT2D eigenvalue weighted by Crippen LogP contribution is 2.35. The van der Waals surface area contributed by atoms with Crippen molar-refractivity contribution >= 4 is 11.6 Å². The molecule has 1 unspecified atom stereocenters. The number of carbonyl (C=O) groups is 1. The van der Waals surface area contributed by atoms with Crippen molar-refractivity contribution in [1.29, 1.82) is 0 Å². The van der Waals surface area contributed by atoms with Crippen molar-refractivity contribution in [2.24, 2.45) is 0 Å². The number of amides is 1. The molecule has 41 heavy (non-hydrogen) atoms. The maximum atomic E-state index is 15.4. The van der Waals surface area contributed by atoms with Gasteiger partial charge in [-0.15, -0.1) is 5.10 Å². The average Bonchev–Trinajstić information content (AvgIpc) is 3.75. The standard InChI is InChI=1S/C28H24F3N7O3/c1-32-27(39)17-7-21(25(29)22(8-17)26(30)31)23-12-34-24-9-20(28(36-38(23)24)41-19-4-6-40-15-19)18-11-35-37(14-18)13-16-3-2-5-33-10-16/h2-3,5,7-12,14,19,26H,4,6,13,15H2,1H3,(H,32,39). The quantitative estimate of drug-likeness (QED) is 0.300. The first-order valence-corrected chi connectivity index (χ1v) is 12.8. The number of nitrogens with one attached hydrogen (secondary N) is 1. The zero-order chi connectivity index (χ0) is 28.5. The number of imidazole rings is 1. The van der Waals surface area contributed by atoms with Crippen LogP contribution in [0, 0.1) is 5.82 Å². The Morgan fingerprint density at radius 1 is 1.22 bits per heavy atom. The van der Waals surface area contributed by atoms with E-state index in [2.05, 4.69) is 25.5 Å². The number of nitrogens with zero attached hydrogens (tertiary/aromatic N) is 6. The van der Waals surface area contributed by atoms with Crippen LogP contribution in [0.4, 0.5) is 13.2 Å². The molecule has 5 heterocycles. The summed E-state index contributed by atoms with van der Waals surface area (Å²) in [5.41, 5.74) is 1.40. The van der Waals surface area contributed by atoms with Gasteiger partial charge >= 0.3 is 0 Å². The van der Waals surface area contributed by atoms with Gasteiger partial charge in [-0.3, -0.25) is 14.5 Å². The smallest absolute Gasteiger partial charge is 0.266 e. The Hall–Kier alpha value is -4.78. The van der Waals surface area contributed by atoms with Gasteiger partial charge in [-0.05, 0) is 29.8 Å². The highest BCUT2D eigenvalue weighted by Gasteiger charge is 2.26. The van der Waals surface area contributed by atoms with Gasteiger partial charge in [-0.25, -0.2) is 22.7 Å². The van der Waals surface area contributed by atoms with Gasteiger partial charge in [-0.2, -0.15) is 5.10 Å². The second-order valence-corrected chi connectivity index (χ2v) is 9.47. The molecule has 1 aromatic carbocycles. The van der Waals surface area contributed by atoms with Crippen LogP contribution in [0.25, 0.3) is 28.0 Å². The van der Waals surface area contributed by atoms with Crippen LogP contribution in [0.3, 0.4) is 0 Å². The summed E-state index contributed by atoms with van der Waals surface area (Å²) in [4.78, 5) is 20.8. The zero-order valence-electron chi connectivity index (χ0n) is 21.8. The van der Waals surface area contributed by atoms with Gasteiger partial charge < -0.3 is 14.8 Å². The monoisotopic (exact) mass is 563 g/mol. The molecule has 1 aliphatic heterocycles. The molecule has 210 valence electrons. The van der Waals surface area contributed by atoms with Crippen molar-refractivity contribution in [2.45, 2.75) is 25.5 Å². The van der Waals surface area contributed by atoms with Crippen molar-refractivity contribution < 1.29 is 27.4 Å². The van der Waals surface area contributed by atoms with Crippen molar-refractivity contribution in [3.8, 4) is 28.3 Å². The molecule has 1 aliphatic rings. The Bertz CT molecular complexity index is 1720. The van der Waals surface area contributed by atoms with Crippen molar-refractivity contribution in [1.82, 2.24) is 34.7 Å². The minimum Gasteiger partial charge on any atom is -0.470 e. The van der Waals surface area contributed by atoms with E-state index in [1.54, 1.807) is 29.3 Å². The minimum atomic E-state index is -3.14. The first-order valence-electron chi connectivity index (χ1n) is 12.8. The Morgan fingerprint density at radius 3 is 2.83 bits per heavy atom. The zero-order valence-corrected chi connectivity index (χ0v) is 21.8. The van der Waals surface area contributed by atoms with E-state index in [4.69, 9.17) is 9.47 Å². The number of rotatable bonds is 8. The number of pyridine rings is 1. The first-order chi connectivity index (χ1) is 19.9. The van der Waals surface area contributed by atoms with Crippen LogP contribution in [-0.4, -0.2) is 61.6 Å². The Kier molecular flexibility index (Phi) is 7.10. The number of ether oxygens (including phenoxy) is 2. The SMILES string of the molecule is CNC(=O)c1cc(-c2cnc3cc(-c4cnn(Cc5cccnc5)c4)c(OC4CCOC4)nn23)c(F)c(C(F)F)c1. The van der Waals surface area contributed by atoms with Crippen molar-refractivity contribution in [2.75, 3.05) is 20.3 Å². The molecule has 13 heteroatoms. The molecule has 6 rings (SSSR count). The molecule has 1 atom stereocenters. The topological polar surface area (TPSA) is 108 Å². The highest BCUT2D eigenvalue weighted by molar-refractivity contribution is 5.95. The molecule has 1 saturated heterocycles. The molecule has 0 saturated carbocycles. The van der Waals surface area contributed by atoms with Gasteiger partial charge in [0.15, 0.2) is 5.65 Å². The van der Waals surface area contributed by atoms with Crippen LogP contribution in [0.5, 0.6) is 5.88 Å². The summed E-state index contributed by atoms with van der Waals surface area (Å²) in [6.45, 7) is 1.41. The molecule has 5 aromatic rings. The molecule has 4 aromatic heterocycles. The lowest BCUT2D eigenvalue weighted by atomic mass is 10.0. The summed E-state index contributed by atoms with van der Waals surface area (Å²) in [6, 6.07) is 7.55. The van der Waals surface area contributed by atoms with Crippen LogP contribution >= 0.6 is 0 Å². The van der Waals surface area contributed by atoms with E-state index in [1.165, 1.54) is 23.8 Å². The lowest BCUT2D eigenvalue weighted by Gasteiger charge is -2.15. The molecular formula is C28H24F3N7O3. The molecule has 0 spiro atoms. The van der Waals surface area contributed by atoms with Crippen LogP contribution in [0.2, 0.25) is 0 Å². The van der Waals surface area contributed by atoms with Crippen molar-refractivity contribution in [3.05, 3.63) is 83.8 Å². The van der Waals surface area contributed by atoms with E-state index in [9.17, 15) is 13.6 Å². The summed E-state index contributed by atoms with van der Waals surface area (Å²) in [5.74, 6) is -1.58. The lowest BCUT2D eigenvalue weighted by Crippen LogP contribution is -2.19. The number of halogens is 3. The Labute approximate surface area is 231 Å². The van der Waals surface area contributed by atoms with E-state index in [1.807, 2.05) is 18.3 Å². The predicted molar refractivity (Wildman–Crippen MR) is 141 cm³/mol. The van der Waals surface area contributed by atoms with Crippen LogP contribution in [0.1, 0.15) is 34.3 Å². The lowest BCUT2D eigenvalue weighted by molar-refractivity contribution is 0.0962. The second kappa shape index (κ2) is 11.0. The summed E-state index contributed by atoms with van der Waals surface area (Å²) in [6.07, 6.45) is 5.53. The number of fused-ring (bicyclic) bond motifs is 1. The van der Waals surface area contributed by atoms with Gasteiger partial charge in [0.05, 0.1) is 49.0 Å². The molecule has 1 amide bonds. The maximum absolute atomic E-state index is 15.4. The van der Waals surface area contributed by atoms with Gasteiger partial charge in [0.25, 0.3) is 12.3 Å². The first kappa shape index (κ1) is 26.4. The Balaban J connectivity index is 1.46. The molecular weight excluding hydrogens is 539 g/mol. The van der Waals surface area contributed by atoms with E-state index in [0.717, 1.165) is 11.6 Å². The number of alkyl halides is 2. The number of carbonyl (C=O) groups excluding carboxylic acids is 1. The van der Waals surface area contributed by atoms with E-state index in [0.29, 0.717) is 43.0 Å². The fourth-order valence-electron chi connectivity index (χ4n) is 4.68. The third-order valence-corrected chi connectivity index (χ3v) is 6.74. The largest absolute Gasteiger partial charge is 0.470 e. The molecule has 1 fully saturated rings. The molecule has 1 N–H and O–H groups in total. The number of hydrogen-bond acceptors (Lipinski definition) is 7. The second-order valence-electron chi connectivity index (χ2n) is 9.47. The predicted octanol–water partition coefficient (Wildman–Crippen LogP) is 4.31. The van der Waals surface area contributed by atoms with Gasteiger partial charge in [0.2, 0.25) is 5.88 Å². The van der Waals surface area contributed by atoms with Crippen LogP contribution < -0.4 is 10.1 Å². The number of hydrogen-bond donors (Lipinski definition) is 1. The summed E-state index contributed by atoms with van der Waals surface area (Å²) < 4.78 is 57.6. The number of benzene rings is 1.